The normalized spacial score (nSPS) is 28.9. The zero-order chi connectivity index (χ0) is 17.2. The summed E-state index contributed by atoms with van der Waals surface area (Å²) in [5, 5.41) is 9.54. The molecule has 0 aliphatic carbocycles. The number of hydrogen-bond donors (Lipinski definition) is 1. The molecule has 1 saturated heterocycles. The van der Waals surface area contributed by atoms with Crippen LogP contribution in [0, 0.1) is 5.92 Å². The van der Waals surface area contributed by atoms with E-state index >= 15 is 0 Å². The fraction of sp³-hybridized carbons (Fsp3) is 0.444. The minimum Gasteiger partial charge on any atom is -0.478 e. The maximum absolute atomic E-state index is 12.2. The van der Waals surface area contributed by atoms with E-state index in [2.05, 4.69) is 6.58 Å². The van der Waals surface area contributed by atoms with E-state index in [9.17, 15) is 14.7 Å². The molecule has 0 radical (unpaired) electrons. The van der Waals surface area contributed by atoms with Gasteiger partial charge in [0.2, 0.25) is 6.10 Å². The molecular formula is C18H22O5. The SMILES string of the molecule is C=C1C[C@](C)([C@H](OC(=O)c2ccccc2)C(=O)O)O[C@H](C)[C@@H]1C. The van der Waals surface area contributed by atoms with Crippen LogP contribution in [-0.2, 0) is 14.3 Å². The zero-order valence-electron chi connectivity index (χ0n) is 13.6. The van der Waals surface area contributed by atoms with Crippen LogP contribution in [-0.4, -0.2) is 34.9 Å². The number of ether oxygens (including phenoxy) is 2. The third-order valence-electron chi connectivity index (χ3n) is 4.39. The van der Waals surface area contributed by atoms with Crippen LogP contribution in [0.25, 0.3) is 0 Å². The third-order valence-corrected chi connectivity index (χ3v) is 4.39. The average Bonchev–Trinajstić information content (AvgIpc) is 2.50. The number of carbonyl (C=O) groups is 2. The number of carboxylic acid groups (broad SMARTS) is 1. The lowest BCUT2D eigenvalue weighted by atomic mass is 9.80. The predicted molar refractivity (Wildman–Crippen MR) is 85.2 cm³/mol. The van der Waals surface area contributed by atoms with Crippen LogP contribution in [0.1, 0.15) is 37.6 Å². The lowest BCUT2D eigenvalue weighted by Gasteiger charge is -2.44. The van der Waals surface area contributed by atoms with Gasteiger partial charge >= 0.3 is 11.9 Å². The van der Waals surface area contributed by atoms with Gasteiger partial charge in [-0.1, -0.05) is 37.3 Å². The van der Waals surface area contributed by atoms with E-state index in [4.69, 9.17) is 9.47 Å². The fourth-order valence-corrected chi connectivity index (χ4v) is 2.85. The second-order valence-electron chi connectivity index (χ2n) is 6.25. The summed E-state index contributed by atoms with van der Waals surface area (Å²) in [6, 6.07) is 8.31. The van der Waals surface area contributed by atoms with Crippen molar-refractivity contribution in [1.82, 2.24) is 0 Å². The number of benzene rings is 1. The van der Waals surface area contributed by atoms with E-state index in [1.807, 2.05) is 13.8 Å². The molecule has 1 aliphatic heterocycles. The third kappa shape index (κ3) is 3.62. The Balaban J connectivity index is 2.23. The van der Waals surface area contributed by atoms with Crippen molar-refractivity contribution in [2.24, 2.45) is 5.92 Å². The Morgan fingerprint density at radius 1 is 1.35 bits per heavy atom. The van der Waals surface area contributed by atoms with Crippen molar-refractivity contribution in [2.75, 3.05) is 0 Å². The first kappa shape index (κ1) is 17.2. The summed E-state index contributed by atoms with van der Waals surface area (Å²) in [5.41, 5.74) is 0.0610. The maximum Gasteiger partial charge on any atom is 0.348 e. The maximum atomic E-state index is 12.2. The molecule has 5 heteroatoms. The molecule has 1 heterocycles. The summed E-state index contributed by atoms with van der Waals surface area (Å²) in [7, 11) is 0. The predicted octanol–water partition coefficient (Wildman–Crippen LogP) is 3.06. The largest absolute Gasteiger partial charge is 0.478 e. The molecule has 0 saturated carbocycles. The molecule has 0 unspecified atom stereocenters. The number of rotatable bonds is 4. The van der Waals surface area contributed by atoms with Crippen molar-refractivity contribution in [3.8, 4) is 0 Å². The Labute approximate surface area is 135 Å². The van der Waals surface area contributed by atoms with Gasteiger partial charge in [-0.3, -0.25) is 0 Å². The van der Waals surface area contributed by atoms with Gasteiger partial charge in [-0.2, -0.15) is 0 Å². The zero-order valence-corrected chi connectivity index (χ0v) is 13.6. The van der Waals surface area contributed by atoms with E-state index in [-0.39, 0.29) is 12.0 Å². The Kier molecular flexibility index (Phi) is 4.90. The summed E-state index contributed by atoms with van der Waals surface area (Å²) < 4.78 is 11.2. The van der Waals surface area contributed by atoms with E-state index in [0.717, 1.165) is 5.57 Å². The molecule has 124 valence electrons. The second kappa shape index (κ2) is 6.54. The first-order chi connectivity index (χ1) is 10.7. The van der Waals surface area contributed by atoms with Crippen molar-refractivity contribution in [1.29, 1.82) is 0 Å². The summed E-state index contributed by atoms with van der Waals surface area (Å²) in [6.45, 7) is 9.51. The van der Waals surface area contributed by atoms with Crippen LogP contribution in [0.15, 0.2) is 42.5 Å². The Hall–Kier alpha value is -2.14. The Morgan fingerprint density at radius 2 is 1.96 bits per heavy atom. The van der Waals surface area contributed by atoms with Gasteiger partial charge in [0.25, 0.3) is 0 Å². The Morgan fingerprint density at radius 3 is 2.48 bits per heavy atom. The van der Waals surface area contributed by atoms with Gasteiger partial charge in [-0.05, 0) is 26.0 Å². The van der Waals surface area contributed by atoms with Gasteiger partial charge in [0, 0.05) is 12.3 Å². The van der Waals surface area contributed by atoms with E-state index in [1.165, 1.54) is 0 Å². The van der Waals surface area contributed by atoms with Crippen LogP contribution >= 0.6 is 0 Å². The molecular weight excluding hydrogens is 296 g/mol. The molecule has 1 aromatic carbocycles. The summed E-state index contributed by atoms with van der Waals surface area (Å²) >= 11 is 0. The quantitative estimate of drug-likeness (QED) is 0.682. The Bertz CT molecular complexity index is 609. The molecule has 2 rings (SSSR count). The minimum absolute atomic E-state index is 0.127. The molecule has 0 amide bonds. The lowest BCUT2D eigenvalue weighted by Crippen LogP contribution is -2.54. The first-order valence-corrected chi connectivity index (χ1v) is 7.59. The molecule has 5 nitrogen and oxygen atoms in total. The average molecular weight is 318 g/mol. The highest BCUT2D eigenvalue weighted by molar-refractivity contribution is 5.91. The van der Waals surface area contributed by atoms with Crippen LogP contribution < -0.4 is 0 Å². The summed E-state index contributed by atoms with van der Waals surface area (Å²) in [6.07, 6.45) is -1.27. The molecule has 1 aliphatic rings. The number of hydrogen-bond acceptors (Lipinski definition) is 4. The fourth-order valence-electron chi connectivity index (χ4n) is 2.85. The smallest absolute Gasteiger partial charge is 0.348 e. The topological polar surface area (TPSA) is 72.8 Å². The molecule has 1 fully saturated rings. The minimum atomic E-state index is -1.40. The number of carbonyl (C=O) groups excluding carboxylic acids is 1. The number of esters is 1. The van der Waals surface area contributed by atoms with Crippen LogP contribution in [0.5, 0.6) is 0 Å². The highest BCUT2D eigenvalue weighted by Crippen LogP contribution is 2.38. The van der Waals surface area contributed by atoms with Gasteiger partial charge in [0.05, 0.1) is 11.7 Å². The number of carboxylic acids is 1. The number of aliphatic carboxylic acids is 1. The van der Waals surface area contributed by atoms with Gasteiger partial charge < -0.3 is 14.6 Å². The van der Waals surface area contributed by atoms with Crippen LogP contribution in [0.3, 0.4) is 0 Å². The molecule has 0 aromatic heterocycles. The van der Waals surface area contributed by atoms with E-state index < -0.39 is 23.6 Å². The van der Waals surface area contributed by atoms with Gasteiger partial charge in [0.15, 0.2) is 0 Å². The lowest BCUT2D eigenvalue weighted by molar-refractivity contribution is -0.189. The van der Waals surface area contributed by atoms with Crippen molar-refractivity contribution < 1.29 is 24.2 Å². The molecule has 1 aromatic rings. The summed E-state index contributed by atoms with van der Waals surface area (Å²) in [4.78, 5) is 23.9. The van der Waals surface area contributed by atoms with Crippen molar-refractivity contribution in [3.63, 3.8) is 0 Å². The van der Waals surface area contributed by atoms with Crippen molar-refractivity contribution in [3.05, 3.63) is 48.0 Å². The molecule has 1 N–H and O–H groups in total. The van der Waals surface area contributed by atoms with Crippen LogP contribution in [0.2, 0.25) is 0 Å². The standard InChI is InChI=1S/C18H22O5/c1-11-10-18(4,23-13(3)12(11)2)15(16(19)20)22-17(21)14-8-6-5-7-9-14/h5-9,12-13,15H,1,10H2,2-4H3,(H,19,20)/t12-,13-,15-,18-/m1/s1. The summed E-state index contributed by atoms with van der Waals surface area (Å²) in [5.74, 6) is -1.78. The molecule has 0 spiro atoms. The first-order valence-electron chi connectivity index (χ1n) is 7.59. The van der Waals surface area contributed by atoms with Gasteiger partial charge in [-0.25, -0.2) is 9.59 Å². The van der Waals surface area contributed by atoms with Gasteiger partial charge in [0.1, 0.15) is 5.60 Å². The van der Waals surface area contributed by atoms with Crippen molar-refractivity contribution in [2.45, 2.75) is 45.0 Å². The van der Waals surface area contributed by atoms with E-state index in [0.29, 0.717) is 12.0 Å². The molecule has 4 atom stereocenters. The monoisotopic (exact) mass is 318 g/mol. The molecule has 23 heavy (non-hydrogen) atoms. The van der Waals surface area contributed by atoms with Crippen LogP contribution in [0.4, 0.5) is 0 Å². The second-order valence-corrected chi connectivity index (χ2v) is 6.25. The van der Waals surface area contributed by atoms with Crippen molar-refractivity contribution >= 4 is 11.9 Å². The van der Waals surface area contributed by atoms with Gasteiger partial charge in [-0.15, -0.1) is 0 Å². The molecule has 0 bridgehead atoms. The highest BCUT2D eigenvalue weighted by atomic mass is 16.6. The van der Waals surface area contributed by atoms with E-state index in [1.54, 1.807) is 37.3 Å². The highest BCUT2D eigenvalue weighted by Gasteiger charge is 2.48.